The van der Waals surface area contributed by atoms with Crippen LogP contribution in [0.4, 0.5) is 0 Å². The van der Waals surface area contributed by atoms with Gasteiger partial charge in [0.15, 0.2) is 23.0 Å². The third-order valence-electron chi connectivity index (χ3n) is 4.05. The van der Waals surface area contributed by atoms with Crippen molar-refractivity contribution in [2.75, 3.05) is 34.0 Å². The van der Waals surface area contributed by atoms with Crippen LogP contribution in [0.15, 0.2) is 36.4 Å². The van der Waals surface area contributed by atoms with Crippen molar-refractivity contribution in [2.24, 2.45) is 0 Å². The molecule has 0 radical (unpaired) electrons. The smallest absolute Gasteiger partial charge is 0.251 e. The van der Waals surface area contributed by atoms with Gasteiger partial charge >= 0.3 is 0 Å². The summed E-state index contributed by atoms with van der Waals surface area (Å²) in [4.78, 5) is 12.5. The molecule has 2 aromatic rings. The zero-order valence-corrected chi connectivity index (χ0v) is 16.7. The summed E-state index contributed by atoms with van der Waals surface area (Å²) in [7, 11) is 3.07. The van der Waals surface area contributed by atoms with E-state index in [4.69, 9.17) is 18.9 Å². The van der Waals surface area contributed by atoms with Gasteiger partial charge in [-0.15, -0.1) is 0 Å². The maximum absolute atomic E-state index is 12.5. The Hall–Kier alpha value is -2.93. The van der Waals surface area contributed by atoms with Crippen LogP contribution in [-0.2, 0) is 0 Å². The first kappa shape index (κ1) is 21.4. The van der Waals surface area contributed by atoms with Gasteiger partial charge in [-0.2, -0.15) is 0 Å². The van der Waals surface area contributed by atoms with Crippen LogP contribution in [0.3, 0.4) is 0 Å². The summed E-state index contributed by atoms with van der Waals surface area (Å²) >= 11 is 0. The number of benzene rings is 2. The number of nitrogens with one attached hydrogen (secondary N) is 1. The number of aliphatic hydroxyl groups excluding tert-OH is 1. The van der Waals surface area contributed by atoms with E-state index in [0.717, 1.165) is 0 Å². The van der Waals surface area contributed by atoms with Gasteiger partial charge < -0.3 is 29.4 Å². The number of rotatable bonds is 10. The molecule has 0 heterocycles. The third-order valence-corrected chi connectivity index (χ3v) is 4.05. The molecule has 0 fully saturated rings. The normalized spacial score (nSPS) is 11.5. The number of methoxy groups -OCH3 is 2. The molecule has 2 N–H and O–H groups in total. The van der Waals surface area contributed by atoms with Crippen molar-refractivity contribution >= 4 is 5.91 Å². The second-order valence-electron chi connectivity index (χ2n) is 5.87. The molecule has 1 unspecified atom stereocenters. The lowest BCUT2D eigenvalue weighted by molar-refractivity contribution is 0.0915. The van der Waals surface area contributed by atoms with Gasteiger partial charge in [-0.25, -0.2) is 0 Å². The largest absolute Gasteiger partial charge is 0.493 e. The Kier molecular flexibility index (Phi) is 7.95. The number of aliphatic hydroxyl groups is 1. The minimum atomic E-state index is -0.891. The van der Waals surface area contributed by atoms with Crippen molar-refractivity contribution in [1.29, 1.82) is 0 Å². The monoisotopic (exact) mass is 389 g/mol. The molecule has 0 saturated carbocycles. The van der Waals surface area contributed by atoms with Gasteiger partial charge in [0.05, 0.1) is 33.5 Å². The van der Waals surface area contributed by atoms with Gasteiger partial charge in [0.1, 0.15) is 0 Å². The quantitative estimate of drug-likeness (QED) is 0.650. The lowest BCUT2D eigenvalue weighted by atomic mass is 10.1. The number of carbonyl (C=O) groups excluding carboxylic acids is 1. The zero-order chi connectivity index (χ0) is 20.5. The van der Waals surface area contributed by atoms with E-state index >= 15 is 0 Å². The highest BCUT2D eigenvalue weighted by Crippen LogP contribution is 2.30. The highest BCUT2D eigenvalue weighted by molar-refractivity contribution is 5.94. The Bertz CT molecular complexity index is 792. The van der Waals surface area contributed by atoms with E-state index in [0.29, 0.717) is 47.3 Å². The fourth-order valence-corrected chi connectivity index (χ4v) is 2.66. The van der Waals surface area contributed by atoms with Gasteiger partial charge in [0.2, 0.25) is 0 Å². The van der Waals surface area contributed by atoms with E-state index in [2.05, 4.69) is 5.32 Å². The molecule has 1 amide bonds. The van der Waals surface area contributed by atoms with E-state index in [-0.39, 0.29) is 12.5 Å². The Labute approximate surface area is 165 Å². The summed E-state index contributed by atoms with van der Waals surface area (Å²) < 4.78 is 21.5. The molecular formula is C21H27NO6. The molecule has 0 saturated heterocycles. The summed E-state index contributed by atoms with van der Waals surface area (Å²) in [5.74, 6) is 1.87. The summed E-state index contributed by atoms with van der Waals surface area (Å²) in [5.41, 5.74) is 1.03. The highest BCUT2D eigenvalue weighted by Gasteiger charge is 2.15. The Morgan fingerprint density at radius 2 is 1.57 bits per heavy atom. The lowest BCUT2D eigenvalue weighted by Gasteiger charge is -2.16. The molecule has 2 aromatic carbocycles. The number of hydrogen-bond acceptors (Lipinski definition) is 6. The summed E-state index contributed by atoms with van der Waals surface area (Å²) in [6.45, 7) is 4.76. The number of ether oxygens (including phenoxy) is 4. The predicted molar refractivity (Wildman–Crippen MR) is 106 cm³/mol. The summed E-state index contributed by atoms with van der Waals surface area (Å²) in [6, 6.07) is 10.1. The van der Waals surface area contributed by atoms with Crippen molar-refractivity contribution in [3.63, 3.8) is 0 Å². The van der Waals surface area contributed by atoms with E-state index in [1.807, 2.05) is 13.8 Å². The van der Waals surface area contributed by atoms with Gasteiger partial charge in [-0.3, -0.25) is 4.79 Å². The molecular weight excluding hydrogens is 362 g/mol. The maximum Gasteiger partial charge on any atom is 0.251 e. The lowest BCUT2D eigenvalue weighted by Crippen LogP contribution is -2.28. The summed E-state index contributed by atoms with van der Waals surface area (Å²) in [5, 5.41) is 13.1. The molecule has 0 aliphatic rings. The molecule has 28 heavy (non-hydrogen) atoms. The van der Waals surface area contributed by atoms with E-state index in [9.17, 15) is 9.90 Å². The number of carbonyl (C=O) groups is 1. The Morgan fingerprint density at radius 3 is 2.21 bits per heavy atom. The average molecular weight is 389 g/mol. The third kappa shape index (κ3) is 5.29. The Balaban J connectivity index is 2.06. The SMILES string of the molecule is CCOc1ccc(C(=O)NCC(O)c2ccc(OC)c(OC)c2)cc1OCC. The fraction of sp³-hybridized carbons (Fsp3) is 0.381. The predicted octanol–water partition coefficient (Wildman–Crippen LogP) is 2.96. The van der Waals surface area contributed by atoms with Crippen molar-refractivity contribution in [1.82, 2.24) is 5.32 Å². The minimum absolute atomic E-state index is 0.0471. The molecule has 0 spiro atoms. The zero-order valence-electron chi connectivity index (χ0n) is 16.7. The van der Waals surface area contributed by atoms with Crippen LogP contribution in [0.1, 0.15) is 35.9 Å². The van der Waals surface area contributed by atoms with Crippen LogP contribution in [-0.4, -0.2) is 45.0 Å². The van der Waals surface area contributed by atoms with E-state index < -0.39 is 6.10 Å². The molecule has 0 bridgehead atoms. The van der Waals surface area contributed by atoms with Crippen molar-refractivity contribution in [2.45, 2.75) is 20.0 Å². The van der Waals surface area contributed by atoms with E-state index in [1.54, 1.807) is 43.5 Å². The van der Waals surface area contributed by atoms with Crippen molar-refractivity contribution in [3.8, 4) is 23.0 Å². The molecule has 7 nitrogen and oxygen atoms in total. The van der Waals surface area contributed by atoms with Crippen LogP contribution >= 0.6 is 0 Å². The Morgan fingerprint density at radius 1 is 0.929 bits per heavy atom. The van der Waals surface area contributed by atoms with Gasteiger partial charge in [-0.1, -0.05) is 6.07 Å². The summed E-state index contributed by atoms with van der Waals surface area (Å²) in [6.07, 6.45) is -0.891. The first-order valence-electron chi connectivity index (χ1n) is 9.11. The molecule has 1 atom stereocenters. The molecule has 0 aliphatic heterocycles. The van der Waals surface area contributed by atoms with Crippen molar-refractivity contribution in [3.05, 3.63) is 47.5 Å². The van der Waals surface area contributed by atoms with Gasteiger partial charge in [-0.05, 0) is 49.7 Å². The molecule has 0 aromatic heterocycles. The van der Waals surface area contributed by atoms with E-state index in [1.165, 1.54) is 7.11 Å². The van der Waals surface area contributed by atoms with Crippen LogP contribution in [0.2, 0.25) is 0 Å². The molecule has 0 aliphatic carbocycles. The molecule has 152 valence electrons. The first-order valence-corrected chi connectivity index (χ1v) is 9.11. The van der Waals surface area contributed by atoms with Gasteiger partial charge in [0, 0.05) is 12.1 Å². The second kappa shape index (κ2) is 10.4. The maximum atomic E-state index is 12.5. The van der Waals surface area contributed by atoms with Crippen LogP contribution in [0.5, 0.6) is 23.0 Å². The number of amides is 1. The highest BCUT2D eigenvalue weighted by atomic mass is 16.5. The second-order valence-corrected chi connectivity index (χ2v) is 5.87. The first-order chi connectivity index (χ1) is 13.5. The standard InChI is InChI=1S/C21H27NO6/c1-5-27-18-10-8-15(12-20(18)28-6-2)21(24)22-13-16(23)14-7-9-17(25-3)19(11-14)26-4/h7-12,16,23H,5-6,13H2,1-4H3,(H,22,24). The number of hydrogen-bond donors (Lipinski definition) is 2. The van der Waals surface area contributed by atoms with Crippen molar-refractivity contribution < 1.29 is 28.8 Å². The fourth-order valence-electron chi connectivity index (χ4n) is 2.66. The van der Waals surface area contributed by atoms with Crippen LogP contribution < -0.4 is 24.3 Å². The van der Waals surface area contributed by atoms with Crippen LogP contribution in [0.25, 0.3) is 0 Å². The average Bonchev–Trinajstić information content (AvgIpc) is 2.72. The molecule has 7 heteroatoms. The minimum Gasteiger partial charge on any atom is -0.493 e. The van der Waals surface area contributed by atoms with Gasteiger partial charge in [0.25, 0.3) is 5.91 Å². The topological polar surface area (TPSA) is 86.3 Å². The molecule has 2 rings (SSSR count). The van der Waals surface area contributed by atoms with Crippen LogP contribution in [0, 0.1) is 0 Å².